The van der Waals surface area contributed by atoms with Crippen LogP contribution in [0.5, 0.6) is 0 Å². The molecule has 108 valence electrons. The van der Waals surface area contributed by atoms with Crippen LogP contribution in [0.2, 0.25) is 0 Å². The van der Waals surface area contributed by atoms with Crippen LogP contribution in [0.15, 0.2) is 24.3 Å². The van der Waals surface area contributed by atoms with Gasteiger partial charge in [0.05, 0.1) is 17.0 Å². The van der Waals surface area contributed by atoms with Crippen LogP contribution >= 0.6 is 0 Å². The van der Waals surface area contributed by atoms with Gasteiger partial charge in [-0.15, -0.1) is 0 Å². The van der Waals surface area contributed by atoms with Crippen LogP contribution < -0.4 is 5.32 Å². The Balaban J connectivity index is 2.20. The maximum Gasteiger partial charge on any atom is 0.276 e. The summed E-state index contributed by atoms with van der Waals surface area (Å²) in [6, 6.07) is 6.59. The van der Waals surface area contributed by atoms with E-state index in [0.717, 1.165) is 25.8 Å². The minimum atomic E-state index is -0.399. The number of nitrogens with zero attached hydrogens (tertiary/aromatic N) is 2. The molecule has 0 radical (unpaired) electrons. The van der Waals surface area contributed by atoms with E-state index in [0.29, 0.717) is 12.1 Å². The molecule has 0 saturated carbocycles. The number of carbonyl (C=O) groups excluding carboxylic acids is 1. The lowest BCUT2D eigenvalue weighted by atomic mass is 10.1. The number of benzene rings is 1. The molecule has 20 heavy (non-hydrogen) atoms. The molecule has 1 aliphatic heterocycles. The van der Waals surface area contributed by atoms with E-state index in [-0.39, 0.29) is 17.8 Å². The third kappa shape index (κ3) is 3.14. The second-order valence-electron chi connectivity index (χ2n) is 4.96. The van der Waals surface area contributed by atoms with Crippen LogP contribution in [0.3, 0.4) is 0 Å². The summed E-state index contributed by atoms with van der Waals surface area (Å²) in [6.07, 6.45) is 2.79. The number of nitrogens with one attached hydrogen (secondary N) is 1. The summed E-state index contributed by atoms with van der Waals surface area (Å²) >= 11 is 0. The molecule has 1 aromatic rings. The Kier molecular flexibility index (Phi) is 4.68. The molecule has 1 unspecified atom stereocenters. The molecule has 2 rings (SSSR count). The number of rotatable bonds is 6. The van der Waals surface area contributed by atoms with Crippen LogP contribution in [0.1, 0.15) is 37.9 Å². The van der Waals surface area contributed by atoms with Gasteiger partial charge >= 0.3 is 0 Å². The molecular formula is C14H19N3O3. The first kappa shape index (κ1) is 14.5. The van der Waals surface area contributed by atoms with Crippen LogP contribution in [0.25, 0.3) is 0 Å². The van der Waals surface area contributed by atoms with Crippen molar-refractivity contribution in [1.29, 1.82) is 0 Å². The van der Waals surface area contributed by atoms with Crippen molar-refractivity contribution < 1.29 is 9.72 Å². The largest absolute Gasteiger partial charge is 0.335 e. The average Bonchev–Trinajstić information content (AvgIpc) is 2.80. The number of hydrogen-bond acceptors (Lipinski definition) is 4. The number of para-hydroxylation sites is 1. The molecule has 0 bridgehead atoms. The topological polar surface area (TPSA) is 75.5 Å². The second kappa shape index (κ2) is 6.47. The second-order valence-corrected chi connectivity index (χ2v) is 4.96. The van der Waals surface area contributed by atoms with Gasteiger partial charge in [-0.25, -0.2) is 0 Å². The number of carbonyl (C=O) groups is 1. The van der Waals surface area contributed by atoms with Crippen molar-refractivity contribution in [3.05, 3.63) is 39.9 Å². The fraction of sp³-hybridized carbons (Fsp3) is 0.500. The van der Waals surface area contributed by atoms with Gasteiger partial charge in [-0.1, -0.05) is 31.9 Å². The summed E-state index contributed by atoms with van der Waals surface area (Å²) in [5.74, 6) is -0.0790. The highest BCUT2D eigenvalue weighted by molar-refractivity contribution is 5.81. The number of amides is 1. The van der Waals surface area contributed by atoms with Gasteiger partial charge in [0.25, 0.3) is 5.69 Å². The van der Waals surface area contributed by atoms with Gasteiger partial charge in [-0.3, -0.25) is 19.8 Å². The lowest BCUT2D eigenvalue weighted by Crippen LogP contribution is -2.29. The Hall–Kier alpha value is -1.95. The maximum atomic E-state index is 11.6. The van der Waals surface area contributed by atoms with Gasteiger partial charge in [0.2, 0.25) is 5.91 Å². The maximum absolute atomic E-state index is 11.6. The molecule has 1 heterocycles. The van der Waals surface area contributed by atoms with Crippen molar-refractivity contribution in [3.8, 4) is 0 Å². The van der Waals surface area contributed by atoms with E-state index < -0.39 is 4.92 Å². The first-order chi connectivity index (χ1) is 9.63. The predicted octanol–water partition coefficient (Wildman–Crippen LogP) is 2.22. The molecule has 1 fully saturated rings. The van der Waals surface area contributed by atoms with Crippen molar-refractivity contribution >= 4 is 11.6 Å². The highest BCUT2D eigenvalue weighted by atomic mass is 16.6. The molecule has 6 heteroatoms. The highest BCUT2D eigenvalue weighted by Crippen LogP contribution is 2.29. The van der Waals surface area contributed by atoms with Crippen LogP contribution in [0, 0.1) is 10.1 Å². The fourth-order valence-electron chi connectivity index (χ4n) is 2.50. The lowest BCUT2D eigenvalue weighted by molar-refractivity contribution is -0.386. The Bertz CT molecular complexity index is 504. The molecular weight excluding hydrogens is 258 g/mol. The van der Waals surface area contributed by atoms with E-state index in [2.05, 4.69) is 12.2 Å². The smallest absolute Gasteiger partial charge is 0.276 e. The van der Waals surface area contributed by atoms with Gasteiger partial charge in [-0.2, -0.15) is 0 Å². The summed E-state index contributed by atoms with van der Waals surface area (Å²) in [5.41, 5.74) is 0.611. The van der Waals surface area contributed by atoms with E-state index in [1.165, 1.54) is 6.07 Å². The van der Waals surface area contributed by atoms with Gasteiger partial charge in [0.15, 0.2) is 0 Å². The molecule has 0 spiro atoms. The summed E-state index contributed by atoms with van der Waals surface area (Å²) < 4.78 is 0. The van der Waals surface area contributed by atoms with E-state index >= 15 is 0 Å². The number of unbranched alkanes of at least 4 members (excludes halogenated alkanes) is 2. The number of hydrogen-bond donors (Lipinski definition) is 1. The first-order valence-corrected chi connectivity index (χ1v) is 6.90. The zero-order valence-corrected chi connectivity index (χ0v) is 11.5. The molecule has 1 atom stereocenters. The van der Waals surface area contributed by atoms with Crippen LogP contribution in [-0.4, -0.2) is 28.8 Å². The minimum Gasteiger partial charge on any atom is -0.335 e. The Morgan fingerprint density at radius 2 is 2.15 bits per heavy atom. The van der Waals surface area contributed by atoms with Crippen molar-refractivity contribution in [2.24, 2.45) is 0 Å². The Morgan fingerprint density at radius 1 is 1.40 bits per heavy atom. The van der Waals surface area contributed by atoms with E-state index in [4.69, 9.17) is 0 Å². The SMILES string of the molecule is CCCCCN1CC(=O)NC1c1ccccc1[N+](=O)[O-]. The normalized spacial score (nSPS) is 19.1. The first-order valence-electron chi connectivity index (χ1n) is 6.90. The summed E-state index contributed by atoms with van der Waals surface area (Å²) in [7, 11) is 0. The average molecular weight is 277 g/mol. The van der Waals surface area contributed by atoms with Gasteiger partial charge in [-0.05, 0) is 12.5 Å². The molecule has 1 saturated heterocycles. The standard InChI is InChI=1S/C14H19N3O3/c1-2-3-6-9-16-10-13(18)15-14(16)11-7-4-5-8-12(11)17(19)20/h4-5,7-8,14H,2-3,6,9-10H2,1H3,(H,15,18). The van der Waals surface area contributed by atoms with Crippen molar-refractivity contribution in [3.63, 3.8) is 0 Å². The monoisotopic (exact) mass is 277 g/mol. The zero-order chi connectivity index (χ0) is 14.5. The van der Waals surface area contributed by atoms with Gasteiger partial charge in [0, 0.05) is 12.6 Å². The van der Waals surface area contributed by atoms with Gasteiger partial charge in [0.1, 0.15) is 6.17 Å². The van der Waals surface area contributed by atoms with Crippen molar-refractivity contribution in [2.75, 3.05) is 13.1 Å². The molecule has 1 aromatic carbocycles. The minimum absolute atomic E-state index is 0.0557. The van der Waals surface area contributed by atoms with E-state index in [9.17, 15) is 14.9 Å². The molecule has 1 N–H and O–H groups in total. The lowest BCUT2D eigenvalue weighted by Gasteiger charge is -2.23. The van der Waals surface area contributed by atoms with Crippen molar-refractivity contribution in [2.45, 2.75) is 32.4 Å². The fourth-order valence-corrected chi connectivity index (χ4v) is 2.50. The van der Waals surface area contributed by atoms with Crippen LogP contribution in [-0.2, 0) is 4.79 Å². The predicted molar refractivity (Wildman–Crippen MR) is 75.1 cm³/mol. The summed E-state index contributed by atoms with van der Waals surface area (Å²) in [5, 5.41) is 13.9. The molecule has 1 amide bonds. The summed E-state index contributed by atoms with van der Waals surface area (Å²) in [4.78, 5) is 24.3. The highest BCUT2D eigenvalue weighted by Gasteiger charge is 2.34. The Morgan fingerprint density at radius 3 is 2.85 bits per heavy atom. The zero-order valence-electron chi connectivity index (χ0n) is 11.5. The van der Waals surface area contributed by atoms with E-state index in [1.807, 2.05) is 4.90 Å². The van der Waals surface area contributed by atoms with Crippen molar-refractivity contribution in [1.82, 2.24) is 10.2 Å². The molecule has 1 aliphatic rings. The summed E-state index contributed by atoms with van der Waals surface area (Å²) in [6.45, 7) is 3.19. The third-order valence-corrected chi connectivity index (χ3v) is 3.49. The third-order valence-electron chi connectivity index (χ3n) is 3.49. The molecule has 0 aliphatic carbocycles. The number of nitro groups is 1. The van der Waals surface area contributed by atoms with Gasteiger partial charge < -0.3 is 5.32 Å². The Labute approximate surface area is 117 Å². The molecule has 6 nitrogen and oxygen atoms in total. The number of nitro benzene ring substituents is 1. The quantitative estimate of drug-likeness (QED) is 0.491. The van der Waals surface area contributed by atoms with Crippen LogP contribution in [0.4, 0.5) is 5.69 Å². The van der Waals surface area contributed by atoms with E-state index in [1.54, 1.807) is 18.2 Å². The molecule has 0 aromatic heterocycles.